The Bertz CT molecular complexity index is 379. The van der Waals surface area contributed by atoms with E-state index in [-0.39, 0.29) is 12.5 Å². The number of hydrogen-bond donors (Lipinski definition) is 2. The average Bonchev–Trinajstić information content (AvgIpc) is 2.39. The molecule has 92 valence electrons. The highest BCUT2D eigenvalue weighted by atomic mass is 16.5. The number of carbonyl (C=O) groups is 2. The number of methoxy groups -OCH3 is 1. The topological polar surface area (TPSA) is 67.4 Å². The molecule has 0 spiro atoms. The molecule has 17 heavy (non-hydrogen) atoms. The van der Waals surface area contributed by atoms with E-state index in [1.807, 2.05) is 18.2 Å². The van der Waals surface area contributed by atoms with Gasteiger partial charge in [-0.05, 0) is 5.56 Å². The van der Waals surface area contributed by atoms with Crippen molar-refractivity contribution in [1.29, 1.82) is 0 Å². The van der Waals surface area contributed by atoms with Crippen molar-refractivity contribution in [2.45, 2.75) is 6.04 Å². The Kier molecular flexibility index (Phi) is 5.16. The maximum absolute atomic E-state index is 11.6. The maximum Gasteiger partial charge on any atom is 0.327 e. The van der Waals surface area contributed by atoms with Crippen molar-refractivity contribution in [3.63, 3.8) is 0 Å². The predicted molar refractivity (Wildman–Crippen MR) is 63.3 cm³/mol. The van der Waals surface area contributed by atoms with Crippen molar-refractivity contribution < 1.29 is 14.3 Å². The number of esters is 1. The van der Waals surface area contributed by atoms with E-state index in [2.05, 4.69) is 10.6 Å². The van der Waals surface area contributed by atoms with Crippen LogP contribution in [0.15, 0.2) is 30.3 Å². The molecule has 0 aliphatic heterocycles. The van der Waals surface area contributed by atoms with E-state index in [0.717, 1.165) is 5.56 Å². The molecule has 0 saturated carbocycles. The molecular formula is C12H16N2O3. The first kappa shape index (κ1) is 13.2. The van der Waals surface area contributed by atoms with Crippen LogP contribution >= 0.6 is 0 Å². The predicted octanol–water partition coefficient (Wildman–Crippen LogP) is 0.236. The summed E-state index contributed by atoms with van der Waals surface area (Å²) >= 11 is 0. The minimum atomic E-state index is -0.626. The zero-order chi connectivity index (χ0) is 12.7. The highest BCUT2D eigenvalue weighted by Crippen LogP contribution is 2.13. The van der Waals surface area contributed by atoms with E-state index in [4.69, 9.17) is 4.74 Å². The van der Waals surface area contributed by atoms with Crippen LogP contribution in [0.4, 0.5) is 0 Å². The molecule has 0 fully saturated rings. The molecule has 0 aliphatic rings. The summed E-state index contributed by atoms with van der Waals surface area (Å²) in [5.41, 5.74) is 0.767. The molecule has 0 aromatic heterocycles. The third-order valence-corrected chi connectivity index (χ3v) is 2.32. The van der Waals surface area contributed by atoms with Gasteiger partial charge in [0.2, 0.25) is 5.91 Å². The Morgan fingerprint density at radius 2 is 1.94 bits per heavy atom. The van der Waals surface area contributed by atoms with Gasteiger partial charge in [-0.15, -0.1) is 0 Å². The van der Waals surface area contributed by atoms with E-state index in [1.54, 1.807) is 19.2 Å². The van der Waals surface area contributed by atoms with Crippen LogP contribution in [0.3, 0.4) is 0 Å². The molecule has 5 heteroatoms. The molecule has 0 radical (unpaired) electrons. The SMILES string of the molecule is CNC(=O)CNC(C(=O)OC)c1ccccc1. The Morgan fingerprint density at radius 3 is 2.47 bits per heavy atom. The van der Waals surface area contributed by atoms with Crippen molar-refractivity contribution in [2.24, 2.45) is 0 Å². The summed E-state index contributed by atoms with van der Waals surface area (Å²) in [5, 5.41) is 5.33. The van der Waals surface area contributed by atoms with E-state index in [9.17, 15) is 9.59 Å². The smallest absolute Gasteiger partial charge is 0.327 e. The van der Waals surface area contributed by atoms with Gasteiger partial charge in [0.25, 0.3) is 0 Å². The lowest BCUT2D eigenvalue weighted by Gasteiger charge is -2.16. The van der Waals surface area contributed by atoms with Crippen LogP contribution in [0.2, 0.25) is 0 Å². The number of likely N-dealkylation sites (N-methyl/N-ethyl adjacent to an activating group) is 1. The largest absolute Gasteiger partial charge is 0.468 e. The second kappa shape index (κ2) is 6.65. The van der Waals surface area contributed by atoms with Crippen molar-refractivity contribution >= 4 is 11.9 Å². The molecule has 0 saturated heterocycles. The zero-order valence-electron chi connectivity index (χ0n) is 9.90. The van der Waals surface area contributed by atoms with Gasteiger partial charge in [-0.25, -0.2) is 4.79 Å². The third kappa shape index (κ3) is 3.88. The number of rotatable bonds is 5. The lowest BCUT2D eigenvalue weighted by Crippen LogP contribution is -2.37. The number of hydrogen-bond acceptors (Lipinski definition) is 4. The molecule has 1 aromatic rings. The van der Waals surface area contributed by atoms with Crippen LogP contribution in [0.1, 0.15) is 11.6 Å². The van der Waals surface area contributed by atoms with Gasteiger partial charge in [0.15, 0.2) is 0 Å². The second-order valence-electron chi connectivity index (χ2n) is 3.42. The lowest BCUT2D eigenvalue weighted by atomic mass is 10.1. The van der Waals surface area contributed by atoms with Crippen molar-refractivity contribution in [2.75, 3.05) is 20.7 Å². The van der Waals surface area contributed by atoms with Gasteiger partial charge in [0, 0.05) is 7.05 Å². The van der Waals surface area contributed by atoms with Crippen LogP contribution in [-0.2, 0) is 14.3 Å². The number of nitrogens with one attached hydrogen (secondary N) is 2. The minimum Gasteiger partial charge on any atom is -0.468 e. The van der Waals surface area contributed by atoms with E-state index in [0.29, 0.717) is 0 Å². The summed E-state index contributed by atoms with van der Waals surface area (Å²) in [4.78, 5) is 22.7. The maximum atomic E-state index is 11.6. The molecule has 2 N–H and O–H groups in total. The lowest BCUT2D eigenvalue weighted by molar-refractivity contribution is -0.143. The molecule has 1 unspecified atom stereocenters. The summed E-state index contributed by atoms with van der Waals surface area (Å²) in [6.45, 7) is 0.0607. The quantitative estimate of drug-likeness (QED) is 0.718. The van der Waals surface area contributed by atoms with Crippen LogP contribution in [0, 0.1) is 0 Å². The van der Waals surface area contributed by atoms with Crippen LogP contribution < -0.4 is 10.6 Å². The van der Waals surface area contributed by atoms with Crippen molar-refractivity contribution in [3.05, 3.63) is 35.9 Å². The van der Waals surface area contributed by atoms with Gasteiger partial charge < -0.3 is 10.1 Å². The Morgan fingerprint density at radius 1 is 1.29 bits per heavy atom. The first-order chi connectivity index (χ1) is 8.19. The fraction of sp³-hybridized carbons (Fsp3) is 0.333. The Labute approximate surface area is 100 Å². The van der Waals surface area contributed by atoms with Gasteiger partial charge in [-0.3, -0.25) is 10.1 Å². The van der Waals surface area contributed by atoms with E-state index >= 15 is 0 Å². The van der Waals surface area contributed by atoms with Crippen molar-refractivity contribution in [1.82, 2.24) is 10.6 Å². The zero-order valence-corrected chi connectivity index (χ0v) is 9.90. The number of benzene rings is 1. The van der Waals surface area contributed by atoms with Crippen molar-refractivity contribution in [3.8, 4) is 0 Å². The minimum absolute atomic E-state index is 0.0607. The summed E-state index contributed by atoms with van der Waals surface area (Å²) in [5.74, 6) is -0.602. The molecule has 0 heterocycles. The molecule has 5 nitrogen and oxygen atoms in total. The summed E-state index contributed by atoms with van der Waals surface area (Å²) in [7, 11) is 2.86. The summed E-state index contributed by atoms with van der Waals surface area (Å²) < 4.78 is 4.70. The van der Waals surface area contributed by atoms with Gasteiger partial charge in [0.05, 0.1) is 13.7 Å². The molecule has 0 bridgehead atoms. The monoisotopic (exact) mass is 236 g/mol. The first-order valence-corrected chi connectivity index (χ1v) is 5.25. The molecule has 0 aliphatic carbocycles. The number of carbonyl (C=O) groups excluding carboxylic acids is 2. The fourth-order valence-corrected chi connectivity index (χ4v) is 1.38. The van der Waals surface area contributed by atoms with E-state index in [1.165, 1.54) is 7.11 Å². The van der Waals surface area contributed by atoms with Crippen LogP contribution in [-0.4, -0.2) is 32.6 Å². The highest BCUT2D eigenvalue weighted by Gasteiger charge is 2.21. The normalized spacial score (nSPS) is 11.6. The number of ether oxygens (including phenoxy) is 1. The molecule has 1 aromatic carbocycles. The standard InChI is InChI=1S/C12H16N2O3/c1-13-10(15)8-14-11(12(16)17-2)9-6-4-3-5-7-9/h3-7,11,14H,8H2,1-2H3,(H,13,15). The van der Waals surface area contributed by atoms with Gasteiger partial charge in [-0.2, -0.15) is 0 Å². The molecule has 1 rings (SSSR count). The Hall–Kier alpha value is -1.88. The average molecular weight is 236 g/mol. The number of amides is 1. The summed E-state index contributed by atoms with van der Waals surface area (Å²) in [6, 6.07) is 8.49. The van der Waals surface area contributed by atoms with Gasteiger partial charge >= 0.3 is 5.97 Å². The fourth-order valence-electron chi connectivity index (χ4n) is 1.38. The first-order valence-electron chi connectivity index (χ1n) is 5.25. The molecule has 1 amide bonds. The highest BCUT2D eigenvalue weighted by molar-refractivity contribution is 5.81. The Balaban J connectivity index is 2.75. The van der Waals surface area contributed by atoms with Gasteiger partial charge in [-0.1, -0.05) is 30.3 Å². The third-order valence-electron chi connectivity index (χ3n) is 2.32. The van der Waals surface area contributed by atoms with E-state index < -0.39 is 12.0 Å². The molecule has 1 atom stereocenters. The van der Waals surface area contributed by atoms with Gasteiger partial charge in [0.1, 0.15) is 6.04 Å². The van der Waals surface area contributed by atoms with Crippen LogP contribution in [0.25, 0.3) is 0 Å². The molecular weight excluding hydrogens is 220 g/mol. The van der Waals surface area contributed by atoms with Crippen LogP contribution in [0.5, 0.6) is 0 Å². The summed E-state index contributed by atoms with van der Waals surface area (Å²) in [6.07, 6.45) is 0. The second-order valence-corrected chi connectivity index (χ2v) is 3.42.